The molecule has 0 unspecified atom stereocenters. The molecule has 0 aliphatic rings. The summed E-state index contributed by atoms with van der Waals surface area (Å²) in [6.07, 6.45) is 6.19. The zero-order valence-corrected chi connectivity index (χ0v) is 18.7. The van der Waals surface area contributed by atoms with Gasteiger partial charge in [-0.1, -0.05) is 30.3 Å². The number of aromatic nitrogens is 7. The Labute approximate surface area is 203 Å². The summed E-state index contributed by atoms with van der Waals surface area (Å²) in [4.78, 5) is 36.5. The smallest absolute Gasteiger partial charge is 0.276 e. The number of nitrogens with zero attached hydrogens (tertiary/aromatic N) is 6. The molecule has 174 valence electrons. The largest absolute Gasteiger partial charge is 0.319 e. The van der Waals surface area contributed by atoms with Crippen molar-refractivity contribution in [3.05, 3.63) is 114 Å². The van der Waals surface area contributed by atoms with Gasteiger partial charge in [-0.05, 0) is 42.5 Å². The number of benzene rings is 2. The van der Waals surface area contributed by atoms with E-state index in [4.69, 9.17) is 0 Å². The number of pyridine rings is 1. The Morgan fingerprint density at radius 3 is 2.58 bits per heavy atom. The number of para-hydroxylation sites is 3. The van der Waals surface area contributed by atoms with Gasteiger partial charge in [0.1, 0.15) is 5.39 Å². The van der Waals surface area contributed by atoms with Gasteiger partial charge in [0.2, 0.25) is 0 Å². The van der Waals surface area contributed by atoms with Crippen molar-refractivity contribution in [2.45, 2.75) is 0 Å². The Morgan fingerprint density at radius 1 is 0.917 bits per heavy atom. The van der Waals surface area contributed by atoms with E-state index in [1.807, 2.05) is 48.5 Å². The highest BCUT2D eigenvalue weighted by Crippen LogP contribution is 2.26. The van der Waals surface area contributed by atoms with E-state index in [1.165, 1.54) is 17.2 Å². The maximum atomic E-state index is 13.4. The third-order valence-electron chi connectivity index (χ3n) is 5.65. The number of anilines is 1. The zero-order valence-electron chi connectivity index (χ0n) is 18.7. The van der Waals surface area contributed by atoms with E-state index in [-0.39, 0.29) is 11.3 Å². The molecule has 0 aliphatic heterocycles. The van der Waals surface area contributed by atoms with Gasteiger partial charge in [0.25, 0.3) is 11.5 Å². The van der Waals surface area contributed by atoms with Gasteiger partial charge in [0.05, 0.1) is 35.3 Å². The first-order chi connectivity index (χ1) is 17.7. The van der Waals surface area contributed by atoms with Gasteiger partial charge in [-0.25, -0.2) is 14.3 Å². The van der Waals surface area contributed by atoms with Gasteiger partial charge in [0.15, 0.2) is 11.3 Å². The zero-order chi connectivity index (χ0) is 24.5. The van der Waals surface area contributed by atoms with Gasteiger partial charge in [0, 0.05) is 18.0 Å². The lowest BCUT2D eigenvalue weighted by Gasteiger charge is -2.10. The van der Waals surface area contributed by atoms with Crippen LogP contribution in [0.5, 0.6) is 0 Å². The number of nitrogens with one attached hydrogen (secondary N) is 2. The van der Waals surface area contributed by atoms with Crippen molar-refractivity contribution in [3.8, 4) is 22.6 Å². The lowest BCUT2D eigenvalue weighted by Crippen LogP contribution is -2.15. The summed E-state index contributed by atoms with van der Waals surface area (Å²) in [5, 5.41) is 12.2. The molecular formula is C26H18N8O2. The normalized spacial score (nSPS) is 11.0. The van der Waals surface area contributed by atoms with E-state index in [1.54, 1.807) is 41.3 Å². The topological polar surface area (TPSA) is 123 Å². The SMILES string of the molecule is O=C(Nc1ccccc1-n1ncc2c(=O)[nH]cnc21)c1cc(-c2cccnc2)n(-c2ccccc2)n1. The van der Waals surface area contributed by atoms with Crippen molar-refractivity contribution >= 4 is 22.6 Å². The molecule has 0 spiro atoms. The maximum absolute atomic E-state index is 13.4. The lowest BCUT2D eigenvalue weighted by atomic mass is 10.2. The molecule has 0 saturated heterocycles. The van der Waals surface area contributed by atoms with Crippen LogP contribution in [0.25, 0.3) is 33.7 Å². The fraction of sp³-hybridized carbons (Fsp3) is 0. The minimum atomic E-state index is -0.399. The van der Waals surface area contributed by atoms with Crippen LogP contribution in [0.4, 0.5) is 5.69 Å². The number of aromatic amines is 1. The van der Waals surface area contributed by atoms with Crippen molar-refractivity contribution in [3.63, 3.8) is 0 Å². The van der Waals surface area contributed by atoms with E-state index in [0.29, 0.717) is 22.4 Å². The highest BCUT2D eigenvalue weighted by atomic mass is 16.2. The highest BCUT2D eigenvalue weighted by Gasteiger charge is 2.19. The van der Waals surface area contributed by atoms with Crippen molar-refractivity contribution in [1.29, 1.82) is 0 Å². The van der Waals surface area contributed by atoms with E-state index in [2.05, 4.69) is 30.5 Å². The minimum absolute atomic E-state index is 0.229. The third kappa shape index (κ3) is 3.72. The van der Waals surface area contributed by atoms with E-state index >= 15 is 0 Å². The van der Waals surface area contributed by atoms with Gasteiger partial charge in [-0.2, -0.15) is 10.2 Å². The van der Waals surface area contributed by atoms with Crippen LogP contribution in [0, 0.1) is 0 Å². The summed E-state index contributed by atoms with van der Waals surface area (Å²) in [6, 6.07) is 22.2. The van der Waals surface area contributed by atoms with E-state index in [9.17, 15) is 9.59 Å². The van der Waals surface area contributed by atoms with Crippen molar-refractivity contribution in [1.82, 2.24) is 34.5 Å². The van der Waals surface area contributed by atoms with Crippen LogP contribution in [0.2, 0.25) is 0 Å². The predicted molar refractivity (Wildman–Crippen MR) is 134 cm³/mol. The predicted octanol–water partition coefficient (Wildman–Crippen LogP) is 3.61. The molecule has 6 aromatic rings. The maximum Gasteiger partial charge on any atom is 0.276 e. The number of amides is 1. The van der Waals surface area contributed by atoms with E-state index < -0.39 is 5.91 Å². The molecule has 4 heterocycles. The van der Waals surface area contributed by atoms with Gasteiger partial charge >= 0.3 is 0 Å². The van der Waals surface area contributed by atoms with Crippen LogP contribution in [-0.2, 0) is 0 Å². The van der Waals surface area contributed by atoms with Crippen molar-refractivity contribution in [2.75, 3.05) is 5.32 Å². The molecule has 0 aliphatic carbocycles. The number of hydrogen-bond donors (Lipinski definition) is 2. The van der Waals surface area contributed by atoms with Gasteiger partial charge in [-0.3, -0.25) is 14.6 Å². The summed E-state index contributed by atoms with van der Waals surface area (Å²) in [5.41, 5.74) is 3.75. The molecule has 0 bridgehead atoms. The Hall–Kier alpha value is -5.38. The number of hydrogen-bond acceptors (Lipinski definition) is 6. The second-order valence-electron chi connectivity index (χ2n) is 7.90. The summed E-state index contributed by atoms with van der Waals surface area (Å²) >= 11 is 0. The minimum Gasteiger partial charge on any atom is -0.319 e. The van der Waals surface area contributed by atoms with Crippen LogP contribution in [0.1, 0.15) is 10.5 Å². The molecule has 0 saturated carbocycles. The van der Waals surface area contributed by atoms with E-state index in [0.717, 1.165) is 16.9 Å². The summed E-state index contributed by atoms with van der Waals surface area (Å²) in [7, 11) is 0. The monoisotopic (exact) mass is 474 g/mol. The fourth-order valence-electron chi connectivity index (χ4n) is 3.96. The Bertz CT molecular complexity index is 1700. The summed E-state index contributed by atoms with van der Waals surface area (Å²) in [5.74, 6) is -0.399. The van der Waals surface area contributed by atoms with Crippen LogP contribution in [-0.4, -0.2) is 40.4 Å². The molecule has 36 heavy (non-hydrogen) atoms. The molecule has 10 heteroatoms. The Balaban J connectivity index is 1.40. The third-order valence-corrected chi connectivity index (χ3v) is 5.65. The Kier molecular flexibility index (Phi) is 5.15. The average Bonchev–Trinajstić information content (AvgIpc) is 3.56. The number of rotatable bonds is 5. The molecule has 0 radical (unpaired) electrons. The molecule has 1 amide bonds. The van der Waals surface area contributed by atoms with Crippen LogP contribution in [0.15, 0.2) is 103 Å². The standard InChI is InChI=1S/C26H18N8O2/c35-25-19-15-30-34(24(19)28-16-29-25)22-11-5-4-10-20(22)31-26(36)21-13-23(17-7-6-12-27-14-17)33(32-21)18-8-2-1-3-9-18/h1-16H,(H,31,36)(H,28,29,35). The Morgan fingerprint density at radius 2 is 1.75 bits per heavy atom. The first-order valence-corrected chi connectivity index (χ1v) is 11.1. The molecule has 4 aromatic heterocycles. The molecule has 6 rings (SSSR count). The van der Waals surface area contributed by atoms with Crippen LogP contribution < -0.4 is 10.9 Å². The number of carbonyl (C=O) groups excluding carboxylic acids is 1. The number of fused-ring (bicyclic) bond motifs is 1. The second kappa shape index (κ2) is 8.76. The first-order valence-electron chi connectivity index (χ1n) is 11.1. The lowest BCUT2D eigenvalue weighted by molar-refractivity contribution is 0.102. The van der Waals surface area contributed by atoms with Crippen LogP contribution >= 0.6 is 0 Å². The van der Waals surface area contributed by atoms with Crippen molar-refractivity contribution < 1.29 is 4.79 Å². The average molecular weight is 474 g/mol. The highest BCUT2D eigenvalue weighted by molar-refractivity contribution is 6.04. The number of carbonyl (C=O) groups is 1. The van der Waals surface area contributed by atoms with Gasteiger partial charge < -0.3 is 10.3 Å². The first kappa shape index (κ1) is 21.2. The molecule has 0 atom stereocenters. The molecule has 2 aromatic carbocycles. The molecule has 0 fully saturated rings. The second-order valence-corrected chi connectivity index (χ2v) is 7.90. The molecule has 10 nitrogen and oxygen atoms in total. The quantitative estimate of drug-likeness (QED) is 0.393. The summed E-state index contributed by atoms with van der Waals surface area (Å²) in [6.45, 7) is 0. The number of H-pyrrole nitrogens is 1. The molecule has 2 N–H and O–H groups in total. The summed E-state index contributed by atoms with van der Waals surface area (Å²) < 4.78 is 3.23. The fourth-order valence-corrected chi connectivity index (χ4v) is 3.96. The van der Waals surface area contributed by atoms with Crippen molar-refractivity contribution in [2.24, 2.45) is 0 Å². The molecular weight excluding hydrogens is 456 g/mol. The van der Waals surface area contributed by atoms with Gasteiger partial charge in [-0.15, -0.1) is 0 Å². The van der Waals surface area contributed by atoms with Crippen LogP contribution in [0.3, 0.4) is 0 Å².